The van der Waals surface area contributed by atoms with Gasteiger partial charge in [0.25, 0.3) is 0 Å². The van der Waals surface area contributed by atoms with Crippen molar-refractivity contribution in [3.63, 3.8) is 0 Å². The van der Waals surface area contributed by atoms with Crippen molar-refractivity contribution >= 4 is 43.1 Å². The lowest BCUT2D eigenvalue weighted by atomic mass is 9.87. The molecule has 248 valence electrons. The van der Waals surface area contributed by atoms with Crippen LogP contribution in [0.25, 0.3) is 99.2 Å². The number of benzene rings is 8. The summed E-state index contributed by atoms with van der Waals surface area (Å²) in [5.74, 6) is 0.694. The number of aryl methyl sites for hydroxylation is 1. The molecule has 2 heterocycles. The van der Waals surface area contributed by atoms with Crippen molar-refractivity contribution in [1.82, 2.24) is 15.0 Å². The molecular formula is C50H33N3. The summed E-state index contributed by atoms with van der Waals surface area (Å²) in [6, 6.07) is 60.7. The third kappa shape index (κ3) is 5.33. The minimum atomic E-state index is 0.694. The summed E-state index contributed by atoms with van der Waals surface area (Å²) in [6.07, 6.45) is 3.75. The molecule has 0 saturated heterocycles. The van der Waals surface area contributed by atoms with Crippen LogP contribution in [0.3, 0.4) is 0 Å². The molecule has 0 saturated carbocycles. The number of hydrogen-bond donors (Lipinski definition) is 0. The molecule has 10 aromatic rings. The van der Waals surface area contributed by atoms with Crippen molar-refractivity contribution in [3.8, 4) is 56.2 Å². The Balaban J connectivity index is 1.10. The Labute approximate surface area is 307 Å². The van der Waals surface area contributed by atoms with E-state index in [0.717, 1.165) is 39.2 Å². The molecule has 0 N–H and O–H groups in total. The Hall–Kier alpha value is -6.97. The first kappa shape index (κ1) is 30.8. The second-order valence-corrected chi connectivity index (χ2v) is 13.7. The van der Waals surface area contributed by atoms with E-state index in [4.69, 9.17) is 9.97 Å². The lowest BCUT2D eigenvalue weighted by molar-refractivity contribution is 1.18. The zero-order valence-corrected chi connectivity index (χ0v) is 29.2. The van der Waals surface area contributed by atoms with E-state index in [0.29, 0.717) is 5.82 Å². The Bertz CT molecular complexity index is 2980. The minimum Gasteiger partial charge on any atom is -0.264 e. The molecule has 0 aliphatic heterocycles. The van der Waals surface area contributed by atoms with E-state index >= 15 is 0 Å². The predicted octanol–water partition coefficient (Wildman–Crippen LogP) is 13.1. The summed E-state index contributed by atoms with van der Waals surface area (Å²) in [6.45, 7) is 2.11. The van der Waals surface area contributed by atoms with Gasteiger partial charge in [-0.05, 0) is 90.5 Å². The maximum absolute atomic E-state index is 5.15. The number of pyridine rings is 1. The number of hydrogen-bond acceptors (Lipinski definition) is 3. The van der Waals surface area contributed by atoms with E-state index < -0.39 is 0 Å². The van der Waals surface area contributed by atoms with Crippen molar-refractivity contribution in [3.05, 3.63) is 188 Å². The predicted molar refractivity (Wildman–Crippen MR) is 222 cm³/mol. The second-order valence-electron chi connectivity index (χ2n) is 13.7. The fourth-order valence-electron chi connectivity index (χ4n) is 7.87. The Morgan fingerprint density at radius 3 is 1.47 bits per heavy atom. The standard InChI is InChI=1S/C50H33N3/c1-32-27-28-51-31-46(32)34-21-25-37(26-22-34)50-52-47(35-11-3-2-4-12-35)30-48(53-50)36-23-19-33(20-24-36)44-29-45-40-15-6-5-13-38(40)39-14-7-9-17-42(39)49(45)43-18-10-8-16-41(43)44/h2-31H,1H3. The Morgan fingerprint density at radius 1 is 0.358 bits per heavy atom. The van der Waals surface area contributed by atoms with E-state index in [-0.39, 0.29) is 0 Å². The van der Waals surface area contributed by atoms with Gasteiger partial charge in [0.2, 0.25) is 0 Å². The van der Waals surface area contributed by atoms with Gasteiger partial charge in [0.05, 0.1) is 11.4 Å². The molecule has 8 aromatic carbocycles. The largest absolute Gasteiger partial charge is 0.264 e. The quantitative estimate of drug-likeness (QED) is 0.170. The smallest absolute Gasteiger partial charge is 0.160 e. The van der Waals surface area contributed by atoms with Crippen molar-refractivity contribution in [1.29, 1.82) is 0 Å². The van der Waals surface area contributed by atoms with Gasteiger partial charge in [0.1, 0.15) is 0 Å². The molecule has 0 unspecified atom stereocenters. The Kier molecular flexibility index (Phi) is 7.36. The van der Waals surface area contributed by atoms with Gasteiger partial charge in [-0.3, -0.25) is 4.98 Å². The minimum absolute atomic E-state index is 0.694. The highest BCUT2D eigenvalue weighted by Crippen LogP contribution is 2.43. The molecule has 0 spiro atoms. The third-order valence-corrected chi connectivity index (χ3v) is 10.5. The fraction of sp³-hybridized carbons (Fsp3) is 0.0200. The Morgan fingerprint density at radius 2 is 0.830 bits per heavy atom. The molecule has 0 amide bonds. The van der Waals surface area contributed by atoms with Gasteiger partial charge in [-0.15, -0.1) is 0 Å². The van der Waals surface area contributed by atoms with E-state index in [1.165, 1.54) is 59.8 Å². The highest BCUT2D eigenvalue weighted by atomic mass is 14.9. The van der Waals surface area contributed by atoms with Gasteiger partial charge in [-0.2, -0.15) is 0 Å². The van der Waals surface area contributed by atoms with Gasteiger partial charge in [0, 0.05) is 34.6 Å². The van der Waals surface area contributed by atoms with Crippen LogP contribution in [-0.2, 0) is 0 Å². The fourth-order valence-corrected chi connectivity index (χ4v) is 7.87. The zero-order valence-electron chi connectivity index (χ0n) is 29.2. The normalized spacial score (nSPS) is 11.5. The molecule has 0 aliphatic rings. The summed E-state index contributed by atoms with van der Waals surface area (Å²) < 4.78 is 0. The van der Waals surface area contributed by atoms with Crippen molar-refractivity contribution < 1.29 is 0 Å². The molecule has 0 fully saturated rings. The monoisotopic (exact) mass is 675 g/mol. The molecular weight excluding hydrogens is 643 g/mol. The molecule has 53 heavy (non-hydrogen) atoms. The lowest BCUT2D eigenvalue weighted by Gasteiger charge is -2.16. The van der Waals surface area contributed by atoms with Crippen molar-refractivity contribution in [2.75, 3.05) is 0 Å². The summed E-state index contributed by atoms with van der Waals surface area (Å²) in [5, 5.41) is 10.2. The van der Waals surface area contributed by atoms with Gasteiger partial charge in [-0.25, -0.2) is 9.97 Å². The molecule has 0 bridgehead atoms. The molecule has 10 rings (SSSR count). The molecule has 0 atom stereocenters. The van der Waals surface area contributed by atoms with Crippen molar-refractivity contribution in [2.24, 2.45) is 0 Å². The first-order chi connectivity index (χ1) is 26.2. The summed E-state index contributed by atoms with van der Waals surface area (Å²) in [7, 11) is 0. The first-order valence-electron chi connectivity index (χ1n) is 18.0. The van der Waals surface area contributed by atoms with Gasteiger partial charge < -0.3 is 0 Å². The number of fused-ring (bicyclic) bond motifs is 8. The SMILES string of the molecule is Cc1ccncc1-c1ccc(-c2nc(-c3ccccc3)cc(-c3ccc(-c4cc5c6ccccc6c6ccccc6c5c5ccccc45)cc3)n2)cc1. The average molecular weight is 676 g/mol. The van der Waals surface area contributed by atoms with Crippen LogP contribution in [-0.4, -0.2) is 15.0 Å². The topological polar surface area (TPSA) is 38.7 Å². The van der Waals surface area contributed by atoms with Crippen LogP contribution in [0.2, 0.25) is 0 Å². The summed E-state index contributed by atoms with van der Waals surface area (Å²) in [5.41, 5.74) is 10.7. The maximum Gasteiger partial charge on any atom is 0.160 e. The van der Waals surface area contributed by atoms with Crippen LogP contribution in [0.4, 0.5) is 0 Å². The van der Waals surface area contributed by atoms with Crippen LogP contribution in [0, 0.1) is 6.92 Å². The molecule has 3 heteroatoms. The highest BCUT2D eigenvalue weighted by molar-refractivity contribution is 6.33. The third-order valence-electron chi connectivity index (χ3n) is 10.5. The van der Waals surface area contributed by atoms with E-state index in [1.807, 2.05) is 24.5 Å². The summed E-state index contributed by atoms with van der Waals surface area (Å²) in [4.78, 5) is 14.6. The first-order valence-corrected chi connectivity index (χ1v) is 18.0. The van der Waals surface area contributed by atoms with Gasteiger partial charge in [0.15, 0.2) is 5.82 Å². The van der Waals surface area contributed by atoms with E-state index in [9.17, 15) is 0 Å². The average Bonchev–Trinajstić information content (AvgIpc) is 3.24. The molecule has 0 aliphatic carbocycles. The summed E-state index contributed by atoms with van der Waals surface area (Å²) >= 11 is 0. The van der Waals surface area contributed by atoms with Crippen LogP contribution in [0.1, 0.15) is 5.56 Å². The van der Waals surface area contributed by atoms with Gasteiger partial charge >= 0.3 is 0 Å². The number of rotatable bonds is 5. The van der Waals surface area contributed by atoms with E-state index in [1.54, 1.807) is 0 Å². The maximum atomic E-state index is 5.15. The van der Waals surface area contributed by atoms with Gasteiger partial charge in [-0.1, -0.05) is 152 Å². The van der Waals surface area contributed by atoms with Crippen LogP contribution < -0.4 is 0 Å². The second kappa shape index (κ2) is 12.7. The zero-order chi connectivity index (χ0) is 35.3. The van der Waals surface area contributed by atoms with Crippen LogP contribution in [0.5, 0.6) is 0 Å². The van der Waals surface area contributed by atoms with Crippen LogP contribution >= 0.6 is 0 Å². The number of aromatic nitrogens is 3. The molecule has 0 radical (unpaired) electrons. The van der Waals surface area contributed by atoms with Crippen LogP contribution in [0.15, 0.2) is 182 Å². The van der Waals surface area contributed by atoms with E-state index in [2.05, 4.69) is 170 Å². The molecule has 2 aromatic heterocycles. The highest BCUT2D eigenvalue weighted by Gasteiger charge is 2.16. The lowest BCUT2D eigenvalue weighted by Crippen LogP contribution is -1.96. The molecule has 3 nitrogen and oxygen atoms in total. The number of nitrogens with zero attached hydrogens (tertiary/aromatic N) is 3. The van der Waals surface area contributed by atoms with Crippen molar-refractivity contribution in [2.45, 2.75) is 6.92 Å².